The molecule has 0 bridgehead atoms. The highest BCUT2D eigenvalue weighted by Crippen LogP contribution is 2.31. The number of hydrogen-bond donors (Lipinski definition) is 0. The van der Waals surface area contributed by atoms with Crippen LogP contribution >= 0.6 is 15.9 Å². The molecule has 10 heavy (non-hydrogen) atoms. The van der Waals surface area contributed by atoms with Crippen molar-refractivity contribution in [1.82, 2.24) is 0 Å². The van der Waals surface area contributed by atoms with Crippen molar-refractivity contribution in [1.29, 1.82) is 0 Å². The summed E-state index contributed by atoms with van der Waals surface area (Å²) < 4.78 is 0. The molecule has 0 saturated heterocycles. The average Bonchev–Trinajstić information content (AvgIpc) is 2.04. The molecule has 0 aromatic rings. The Morgan fingerprint density at radius 3 is 2.60 bits per heavy atom. The Morgan fingerprint density at radius 2 is 2.10 bits per heavy atom. The van der Waals surface area contributed by atoms with Crippen LogP contribution in [0, 0.1) is 11.8 Å². The van der Waals surface area contributed by atoms with Crippen LogP contribution < -0.4 is 0 Å². The number of allylic oxidation sites excluding steroid dienone is 1. The summed E-state index contributed by atoms with van der Waals surface area (Å²) in [5, 5.41) is 1.16. The molecule has 1 aliphatic carbocycles. The van der Waals surface area contributed by atoms with Crippen molar-refractivity contribution in [3.05, 3.63) is 12.7 Å². The summed E-state index contributed by atoms with van der Waals surface area (Å²) in [4.78, 5) is 0. The predicted octanol–water partition coefficient (Wildman–Crippen LogP) is 3.37. The lowest BCUT2D eigenvalue weighted by atomic mass is 9.81. The first kappa shape index (κ1) is 8.32. The van der Waals surface area contributed by atoms with Crippen molar-refractivity contribution < 1.29 is 0 Å². The Bertz CT molecular complexity index is 109. The van der Waals surface area contributed by atoms with Crippen LogP contribution in [-0.4, -0.2) is 5.33 Å². The van der Waals surface area contributed by atoms with E-state index >= 15 is 0 Å². The van der Waals surface area contributed by atoms with Gasteiger partial charge >= 0.3 is 0 Å². The van der Waals surface area contributed by atoms with Gasteiger partial charge in [0.1, 0.15) is 0 Å². The second-order valence-electron chi connectivity index (χ2n) is 3.10. The van der Waals surface area contributed by atoms with E-state index in [0.29, 0.717) is 0 Å². The Morgan fingerprint density at radius 1 is 1.40 bits per heavy atom. The number of halogens is 1. The molecular weight excluding hydrogens is 188 g/mol. The maximum absolute atomic E-state index is 3.86. The molecule has 1 fully saturated rings. The van der Waals surface area contributed by atoms with Crippen molar-refractivity contribution in [3.63, 3.8) is 0 Å². The Balaban J connectivity index is 2.41. The van der Waals surface area contributed by atoms with Crippen LogP contribution in [0.5, 0.6) is 0 Å². The normalized spacial score (nSPS) is 33.7. The Labute approximate surface area is 71.8 Å². The second kappa shape index (κ2) is 4.17. The average molecular weight is 203 g/mol. The van der Waals surface area contributed by atoms with Gasteiger partial charge in [0.05, 0.1) is 0 Å². The highest BCUT2D eigenvalue weighted by atomic mass is 79.9. The lowest BCUT2D eigenvalue weighted by molar-refractivity contribution is 0.313. The van der Waals surface area contributed by atoms with E-state index in [1.165, 1.54) is 25.7 Å². The summed E-state index contributed by atoms with van der Waals surface area (Å²) in [6, 6.07) is 0. The zero-order chi connectivity index (χ0) is 7.40. The molecular formula is C9H15Br. The minimum Gasteiger partial charge on any atom is -0.103 e. The molecule has 0 nitrogen and oxygen atoms in total. The third kappa shape index (κ3) is 1.85. The quantitative estimate of drug-likeness (QED) is 0.476. The van der Waals surface area contributed by atoms with Crippen LogP contribution in [0.15, 0.2) is 12.7 Å². The molecule has 0 radical (unpaired) electrons. The first-order chi connectivity index (χ1) is 4.88. The summed E-state index contributed by atoms with van der Waals surface area (Å²) in [6.07, 6.45) is 7.70. The first-order valence-electron chi connectivity index (χ1n) is 4.07. The lowest BCUT2D eigenvalue weighted by Gasteiger charge is -2.27. The van der Waals surface area contributed by atoms with E-state index in [9.17, 15) is 0 Å². The second-order valence-corrected chi connectivity index (χ2v) is 3.75. The standard InChI is InChI=1S/C9H15Br/c1-2-8-5-3-4-6-9(8)7-10/h2,8-9H,1,3-7H2/t8-,9-/m0/s1. The monoisotopic (exact) mass is 202 g/mol. The van der Waals surface area contributed by atoms with E-state index in [0.717, 1.165) is 17.2 Å². The van der Waals surface area contributed by atoms with E-state index < -0.39 is 0 Å². The van der Waals surface area contributed by atoms with E-state index in [2.05, 4.69) is 28.6 Å². The smallest absolute Gasteiger partial charge is 0.00652 e. The summed E-state index contributed by atoms with van der Waals surface area (Å²) in [6.45, 7) is 3.86. The van der Waals surface area contributed by atoms with Gasteiger partial charge in [-0.15, -0.1) is 6.58 Å². The van der Waals surface area contributed by atoms with Crippen molar-refractivity contribution >= 4 is 15.9 Å². The van der Waals surface area contributed by atoms with Gasteiger partial charge in [-0.2, -0.15) is 0 Å². The van der Waals surface area contributed by atoms with Gasteiger partial charge < -0.3 is 0 Å². The van der Waals surface area contributed by atoms with Gasteiger partial charge in [-0.1, -0.05) is 34.8 Å². The SMILES string of the molecule is C=C[C@H]1CCCC[C@H]1CBr. The van der Waals surface area contributed by atoms with Crippen LogP contribution in [0.1, 0.15) is 25.7 Å². The van der Waals surface area contributed by atoms with Crippen LogP contribution in [0.3, 0.4) is 0 Å². The fourth-order valence-corrected chi connectivity index (χ4v) is 2.54. The van der Waals surface area contributed by atoms with Gasteiger partial charge in [0.15, 0.2) is 0 Å². The van der Waals surface area contributed by atoms with Crippen molar-refractivity contribution in [2.45, 2.75) is 25.7 Å². The Kier molecular flexibility index (Phi) is 3.47. The zero-order valence-electron chi connectivity index (χ0n) is 6.35. The van der Waals surface area contributed by atoms with Gasteiger partial charge in [0, 0.05) is 5.33 Å². The van der Waals surface area contributed by atoms with Gasteiger partial charge in [-0.25, -0.2) is 0 Å². The van der Waals surface area contributed by atoms with Crippen molar-refractivity contribution in [2.75, 3.05) is 5.33 Å². The third-order valence-electron chi connectivity index (χ3n) is 2.47. The van der Waals surface area contributed by atoms with E-state index in [-0.39, 0.29) is 0 Å². The molecule has 0 unspecified atom stereocenters. The van der Waals surface area contributed by atoms with Crippen molar-refractivity contribution in [2.24, 2.45) is 11.8 Å². The lowest BCUT2D eigenvalue weighted by Crippen LogP contribution is -2.18. The molecule has 0 aromatic heterocycles. The number of hydrogen-bond acceptors (Lipinski definition) is 0. The summed E-state index contributed by atoms with van der Waals surface area (Å²) in [7, 11) is 0. The highest BCUT2D eigenvalue weighted by Gasteiger charge is 2.20. The predicted molar refractivity (Wildman–Crippen MR) is 49.4 cm³/mol. The van der Waals surface area contributed by atoms with Gasteiger partial charge in [-0.3, -0.25) is 0 Å². The molecule has 0 spiro atoms. The largest absolute Gasteiger partial charge is 0.103 e. The van der Waals surface area contributed by atoms with Crippen molar-refractivity contribution in [3.8, 4) is 0 Å². The molecule has 0 heterocycles. The minimum atomic E-state index is 0.785. The fraction of sp³-hybridized carbons (Fsp3) is 0.778. The molecule has 58 valence electrons. The van der Waals surface area contributed by atoms with Crippen LogP contribution in [0.4, 0.5) is 0 Å². The summed E-state index contributed by atoms with van der Waals surface area (Å²) >= 11 is 3.54. The zero-order valence-corrected chi connectivity index (χ0v) is 7.94. The van der Waals surface area contributed by atoms with Gasteiger partial charge in [0.25, 0.3) is 0 Å². The van der Waals surface area contributed by atoms with Gasteiger partial charge in [0.2, 0.25) is 0 Å². The van der Waals surface area contributed by atoms with Gasteiger partial charge in [-0.05, 0) is 24.7 Å². The van der Waals surface area contributed by atoms with Crippen LogP contribution in [-0.2, 0) is 0 Å². The first-order valence-corrected chi connectivity index (χ1v) is 5.19. The van der Waals surface area contributed by atoms with Crippen LogP contribution in [0.2, 0.25) is 0 Å². The summed E-state index contributed by atoms with van der Waals surface area (Å²) in [5.41, 5.74) is 0. The maximum atomic E-state index is 3.86. The molecule has 1 saturated carbocycles. The van der Waals surface area contributed by atoms with E-state index in [4.69, 9.17) is 0 Å². The fourth-order valence-electron chi connectivity index (χ4n) is 1.74. The molecule has 0 N–H and O–H groups in total. The molecule has 2 atom stereocenters. The molecule has 1 heteroatoms. The summed E-state index contributed by atoms with van der Waals surface area (Å²) in [5.74, 6) is 1.65. The third-order valence-corrected chi connectivity index (χ3v) is 3.30. The number of alkyl halides is 1. The Hall–Kier alpha value is 0.220. The minimum absolute atomic E-state index is 0.785. The molecule has 1 aliphatic rings. The topological polar surface area (TPSA) is 0 Å². The number of rotatable bonds is 2. The van der Waals surface area contributed by atoms with E-state index in [1.807, 2.05) is 0 Å². The molecule has 0 amide bonds. The van der Waals surface area contributed by atoms with Crippen LogP contribution in [0.25, 0.3) is 0 Å². The van der Waals surface area contributed by atoms with E-state index in [1.54, 1.807) is 0 Å². The molecule has 0 aromatic carbocycles. The maximum Gasteiger partial charge on any atom is 0.00652 e. The highest BCUT2D eigenvalue weighted by molar-refractivity contribution is 9.09. The molecule has 0 aliphatic heterocycles. The molecule has 1 rings (SSSR count).